The monoisotopic (exact) mass is 304 g/mol. The van der Waals surface area contributed by atoms with Gasteiger partial charge in [-0.2, -0.15) is 5.84 Å². The highest BCUT2D eigenvalue weighted by Crippen LogP contribution is 2.27. The second-order valence-corrected chi connectivity index (χ2v) is 5.82. The van der Waals surface area contributed by atoms with Crippen LogP contribution in [0.25, 0.3) is 0 Å². The lowest BCUT2D eigenvalue weighted by molar-refractivity contribution is -0.971. The lowest BCUT2D eigenvalue weighted by Crippen LogP contribution is -3.00. The zero-order chi connectivity index (χ0) is 14.3. The van der Waals surface area contributed by atoms with Crippen LogP contribution in [0.2, 0.25) is 0 Å². The molecule has 5 heteroatoms. The van der Waals surface area contributed by atoms with Crippen molar-refractivity contribution in [1.82, 2.24) is 4.90 Å². The van der Waals surface area contributed by atoms with Gasteiger partial charge >= 0.3 is 0 Å². The second kappa shape index (κ2) is 9.59. The van der Waals surface area contributed by atoms with Crippen LogP contribution in [-0.2, 0) is 0 Å². The van der Waals surface area contributed by atoms with Gasteiger partial charge in [-0.3, -0.25) is 0 Å². The third-order valence-corrected chi connectivity index (χ3v) is 4.11. The van der Waals surface area contributed by atoms with Crippen molar-refractivity contribution in [3.63, 3.8) is 0 Å². The molecule has 1 aliphatic heterocycles. The lowest BCUT2D eigenvalue weighted by atomic mass is 10.1. The van der Waals surface area contributed by atoms with Crippen molar-refractivity contribution in [2.45, 2.75) is 78.3 Å². The molecule has 2 N–H and O–H groups in total. The molecule has 1 aliphatic rings. The van der Waals surface area contributed by atoms with Crippen molar-refractivity contribution in [3.05, 3.63) is 0 Å². The molecule has 1 heterocycles. The van der Waals surface area contributed by atoms with Gasteiger partial charge in [0, 0.05) is 26.3 Å². The molecule has 0 spiro atoms. The summed E-state index contributed by atoms with van der Waals surface area (Å²) in [6.45, 7) is 7.65. The molecule has 120 valence electrons. The van der Waals surface area contributed by atoms with E-state index in [-0.39, 0.29) is 12.4 Å². The molecule has 0 fully saturated rings. The van der Waals surface area contributed by atoms with Crippen LogP contribution in [0.3, 0.4) is 0 Å². The number of amidine groups is 1. The first-order chi connectivity index (χ1) is 9.09. The first kappa shape index (κ1) is 19.7. The van der Waals surface area contributed by atoms with Gasteiger partial charge in [-0.15, -0.1) is 4.70 Å². The van der Waals surface area contributed by atoms with E-state index in [1.54, 1.807) is 0 Å². The summed E-state index contributed by atoms with van der Waals surface area (Å²) in [6, 6.07) is 0. The first-order valence-electron chi connectivity index (χ1n) is 8.07. The predicted molar refractivity (Wildman–Crippen MR) is 82.3 cm³/mol. The van der Waals surface area contributed by atoms with Gasteiger partial charge < -0.3 is 17.3 Å². The molecular formula is C15H33ClN4. The molecular weight excluding hydrogens is 272 g/mol. The van der Waals surface area contributed by atoms with E-state index in [9.17, 15) is 0 Å². The normalized spacial score (nSPS) is 25.6. The fourth-order valence-corrected chi connectivity index (χ4v) is 2.80. The molecule has 0 bridgehead atoms. The van der Waals surface area contributed by atoms with Crippen molar-refractivity contribution >= 4 is 5.84 Å². The minimum Gasteiger partial charge on any atom is -1.00 e. The number of nitrogens with two attached hydrogens (primary N) is 1. The van der Waals surface area contributed by atoms with Crippen LogP contribution in [0.5, 0.6) is 0 Å². The molecule has 0 aromatic carbocycles. The van der Waals surface area contributed by atoms with E-state index in [1.165, 1.54) is 37.9 Å². The Hall–Kier alpha value is -0.320. The van der Waals surface area contributed by atoms with E-state index in [0.717, 1.165) is 25.8 Å². The maximum absolute atomic E-state index is 6.59. The summed E-state index contributed by atoms with van der Waals surface area (Å²) in [7, 11) is 2.17. The van der Waals surface area contributed by atoms with Crippen molar-refractivity contribution in [3.8, 4) is 0 Å². The maximum atomic E-state index is 6.59. The Morgan fingerprint density at radius 3 is 2.25 bits per heavy atom. The van der Waals surface area contributed by atoms with Gasteiger partial charge in [-0.25, -0.2) is 0 Å². The zero-order valence-corrected chi connectivity index (χ0v) is 14.5. The van der Waals surface area contributed by atoms with Crippen LogP contribution < -0.4 is 18.2 Å². The molecule has 1 rings (SSSR count). The molecule has 2 unspecified atom stereocenters. The van der Waals surface area contributed by atoms with Gasteiger partial charge in [0.05, 0.1) is 0 Å². The topological polar surface area (TPSA) is 41.6 Å². The fourth-order valence-electron chi connectivity index (χ4n) is 2.80. The maximum Gasteiger partial charge on any atom is 0.208 e. The standard InChI is InChI=1S/C15H33N4.ClH/c1-5-8-11-14-17-19(16,13-10-7-3)15(18(14)4)12-9-6-2;/h15H,5-13,16H2,1-4H3;1H/q+1;/p-1. The predicted octanol–water partition coefficient (Wildman–Crippen LogP) is 0.446. The quantitative estimate of drug-likeness (QED) is 0.496. The molecule has 0 aromatic heterocycles. The number of quaternary nitrogens is 1. The SMILES string of the molecule is CCCCC1=N[N+](N)(CCCC)C(CCCC)N1C.[Cl-]. The molecule has 20 heavy (non-hydrogen) atoms. The summed E-state index contributed by atoms with van der Waals surface area (Å²) in [5.41, 5.74) is 0. The third-order valence-electron chi connectivity index (χ3n) is 4.11. The fraction of sp³-hybridized carbons (Fsp3) is 0.933. The van der Waals surface area contributed by atoms with Gasteiger partial charge in [0.2, 0.25) is 6.17 Å². The van der Waals surface area contributed by atoms with Gasteiger partial charge in [0.25, 0.3) is 0 Å². The first-order valence-corrected chi connectivity index (χ1v) is 8.07. The summed E-state index contributed by atoms with van der Waals surface area (Å²) >= 11 is 0. The molecule has 0 radical (unpaired) electrons. The number of rotatable bonds is 9. The summed E-state index contributed by atoms with van der Waals surface area (Å²) in [6.07, 6.45) is 9.77. The molecule has 2 atom stereocenters. The van der Waals surface area contributed by atoms with Gasteiger partial charge in [0.15, 0.2) is 5.84 Å². The van der Waals surface area contributed by atoms with Crippen LogP contribution >= 0.6 is 0 Å². The van der Waals surface area contributed by atoms with E-state index >= 15 is 0 Å². The van der Waals surface area contributed by atoms with Crippen LogP contribution in [0, 0.1) is 0 Å². The Labute approximate surface area is 131 Å². The highest BCUT2D eigenvalue weighted by Gasteiger charge is 2.44. The van der Waals surface area contributed by atoms with Gasteiger partial charge in [-0.05, 0) is 17.9 Å². The zero-order valence-electron chi connectivity index (χ0n) is 13.7. The Morgan fingerprint density at radius 1 is 1.10 bits per heavy atom. The Kier molecular flexibility index (Phi) is 9.43. The number of unbranched alkanes of at least 4 members (excludes halogenated alkanes) is 3. The third kappa shape index (κ3) is 4.90. The van der Waals surface area contributed by atoms with E-state index in [0.29, 0.717) is 10.9 Å². The molecule has 0 aliphatic carbocycles. The van der Waals surface area contributed by atoms with Gasteiger partial charge in [-0.1, -0.05) is 40.0 Å². The van der Waals surface area contributed by atoms with Crippen molar-refractivity contribution in [2.75, 3.05) is 13.6 Å². The van der Waals surface area contributed by atoms with Crippen LogP contribution in [0.15, 0.2) is 5.10 Å². The highest BCUT2D eigenvalue weighted by atomic mass is 35.5. The van der Waals surface area contributed by atoms with Crippen molar-refractivity contribution < 1.29 is 17.1 Å². The van der Waals surface area contributed by atoms with Crippen LogP contribution in [0.4, 0.5) is 0 Å². The Balaban J connectivity index is 0.00000361. The van der Waals surface area contributed by atoms with E-state index in [4.69, 9.17) is 10.9 Å². The van der Waals surface area contributed by atoms with E-state index in [2.05, 4.69) is 32.7 Å². The molecule has 0 saturated carbocycles. The number of hydrogen-bond acceptors (Lipinski definition) is 3. The average Bonchev–Trinajstić information content (AvgIpc) is 2.64. The number of halogens is 1. The molecule has 0 saturated heterocycles. The summed E-state index contributed by atoms with van der Waals surface area (Å²) < 4.78 is 0.392. The average molecular weight is 305 g/mol. The van der Waals surface area contributed by atoms with E-state index < -0.39 is 0 Å². The smallest absolute Gasteiger partial charge is 0.208 e. The van der Waals surface area contributed by atoms with E-state index in [1.807, 2.05) is 0 Å². The summed E-state index contributed by atoms with van der Waals surface area (Å²) in [5.74, 6) is 7.80. The largest absolute Gasteiger partial charge is 1.00 e. The second-order valence-electron chi connectivity index (χ2n) is 5.82. The van der Waals surface area contributed by atoms with Crippen molar-refractivity contribution in [1.29, 1.82) is 0 Å². The Morgan fingerprint density at radius 2 is 1.70 bits per heavy atom. The minimum absolute atomic E-state index is 0. The number of hydrogen-bond donors (Lipinski definition) is 1. The molecule has 4 nitrogen and oxygen atoms in total. The molecule has 0 amide bonds. The summed E-state index contributed by atoms with van der Waals surface area (Å²) in [4.78, 5) is 2.35. The van der Waals surface area contributed by atoms with Crippen molar-refractivity contribution in [2.24, 2.45) is 10.9 Å². The van der Waals surface area contributed by atoms with Gasteiger partial charge in [0.1, 0.15) is 6.54 Å². The minimum atomic E-state index is 0. The lowest BCUT2D eigenvalue weighted by Gasteiger charge is -2.32. The Bertz CT molecular complexity index is 296. The van der Waals surface area contributed by atoms with Crippen LogP contribution in [0.1, 0.15) is 72.1 Å². The summed E-state index contributed by atoms with van der Waals surface area (Å²) in [5, 5.41) is 4.87. The highest BCUT2D eigenvalue weighted by molar-refractivity contribution is 5.82. The number of nitrogens with zero attached hydrogens (tertiary/aromatic N) is 3. The van der Waals surface area contributed by atoms with Crippen LogP contribution in [-0.4, -0.2) is 35.2 Å². The molecule has 0 aromatic rings.